The van der Waals surface area contributed by atoms with Crippen LogP contribution >= 0.6 is 11.6 Å². The Morgan fingerprint density at radius 2 is 1.87 bits per heavy atom. The molecule has 0 bridgehead atoms. The summed E-state index contributed by atoms with van der Waals surface area (Å²) in [6.07, 6.45) is 8.02. The van der Waals surface area contributed by atoms with Crippen molar-refractivity contribution in [3.05, 3.63) is 94.5 Å². The zero-order valence-electron chi connectivity index (χ0n) is 24.0. The number of hydrogen-bond donors (Lipinski definition) is 2. The van der Waals surface area contributed by atoms with Gasteiger partial charge in [0, 0.05) is 59.5 Å². The normalized spacial score (nSPS) is 15.9. The molecule has 0 spiro atoms. The van der Waals surface area contributed by atoms with Crippen molar-refractivity contribution in [1.82, 2.24) is 30.1 Å². The van der Waals surface area contributed by atoms with Crippen LogP contribution in [0, 0.1) is 5.92 Å². The number of amides is 3. The van der Waals surface area contributed by atoms with E-state index in [9.17, 15) is 24.3 Å². The van der Waals surface area contributed by atoms with Gasteiger partial charge >= 0.3 is 5.97 Å². The van der Waals surface area contributed by atoms with Crippen molar-refractivity contribution in [2.24, 2.45) is 5.92 Å². The SMILES string of the molecule is CN(C(=O)C1CC1)c1cnc2c(c1)C(C(=O)Nc1ccc(C(=O)O)cc1)N(C(=O)C=Cc1cc(Cl)ccc1-n1cnnn1)CC2. The molecule has 1 saturated carbocycles. The average molecular weight is 627 g/mol. The molecule has 228 valence electrons. The van der Waals surface area contributed by atoms with E-state index >= 15 is 0 Å². The topological polar surface area (TPSA) is 164 Å². The van der Waals surface area contributed by atoms with Crippen molar-refractivity contribution < 1.29 is 24.3 Å². The number of carboxylic acids is 1. The van der Waals surface area contributed by atoms with Crippen LogP contribution in [0.3, 0.4) is 0 Å². The summed E-state index contributed by atoms with van der Waals surface area (Å²) in [4.78, 5) is 59.4. The first-order valence-corrected chi connectivity index (χ1v) is 14.5. The molecule has 1 aliphatic heterocycles. The van der Waals surface area contributed by atoms with E-state index in [1.165, 1.54) is 51.2 Å². The Balaban J connectivity index is 1.34. The number of aromatic carboxylic acids is 1. The summed E-state index contributed by atoms with van der Waals surface area (Å²) in [5.41, 5.74) is 3.23. The average Bonchev–Trinajstić information content (AvgIpc) is 3.76. The van der Waals surface area contributed by atoms with Gasteiger partial charge in [0.1, 0.15) is 12.4 Å². The second-order valence-corrected chi connectivity index (χ2v) is 11.2. The molecule has 3 amide bonds. The molecule has 1 aliphatic carbocycles. The van der Waals surface area contributed by atoms with Crippen LogP contribution in [0.2, 0.25) is 5.02 Å². The largest absolute Gasteiger partial charge is 0.478 e. The van der Waals surface area contributed by atoms with E-state index in [-0.39, 0.29) is 23.9 Å². The molecule has 6 rings (SSSR count). The number of pyridine rings is 1. The van der Waals surface area contributed by atoms with Gasteiger partial charge in [-0.1, -0.05) is 11.6 Å². The Morgan fingerprint density at radius 3 is 2.56 bits per heavy atom. The Bertz CT molecular complexity index is 1820. The third-order valence-electron chi connectivity index (χ3n) is 7.75. The Hall–Kier alpha value is -5.43. The van der Waals surface area contributed by atoms with Crippen molar-refractivity contribution >= 4 is 52.7 Å². The summed E-state index contributed by atoms with van der Waals surface area (Å²) in [6, 6.07) is 11.4. The highest BCUT2D eigenvalue weighted by Crippen LogP contribution is 2.36. The molecule has 1 atom stereocenters. The van der Waals surface area contributed by atoms with Crippen LogP contribution in [0.25, 0.3) is 11.8 Å². The number of carbonyl (C=O) groups excluding carboxylic acids is 3. The van der Waals surface area contributed by atoms with E-state index in [0.29, 0.717) is 45.3 Å². The Labute approximate surface area is 262 Å². The van der Waals surface area contributed by atoms with Gasteiger partial charge in [-0.2, -0.15) is 4.68 Å². The zero-order valence-corrected chi connectivity index (χ0v) is 24.8. The molecule has 45 heavy (non-hydrogen) atoms. The fourth-order valence-corrected chi connectivity index (χ4v) is 5.39. The van der Waals surface area contributed by atoms with Gasteiger partial charge in [0.15, 0.2) is 0 Å². The minimum absolute atomic E-state index is 0.0215. The van der Waals surface area contributed by atoms with Crippen molar-refractivity contribution in [2.75, 3.05) is 23.8 Å². The van der Waals surface area contributed by atoms with Crippen LogP contribution in [-0.2, 0) is 20.8 Å². The second kappa shape index (κ2) is 12.3. The van der Waals surface area contributed by atoms with Crippen LogP contribution in [0.5, 0.6) is 0 Å². The van der Waals surface area contributed by atoms with Crippen molar-refractivity contribution in [1.29, 1.82) is 0 Å². The van der Waals surface area contributed by atoms with Crippen molar-refractivity contribution in [3.63, 3.8) is 0 Å². The summed E-state index contributed by atoms with van der Waals surface area (Å²) in [5.74, 6) is -2.11. The maximum absolute atomic E-state index is 13.9. The molecule has 1 fully saturated rings. The number of benzene rings is 2. The van der Waals surface area contributed by atoms with Gasteiger partial charge in [-0.05, 0) is 77.9 Å². The smallest absolute Gasteiger partial charge is 0.335 e. The number of carbonyl (C=O) groups is 4. The standard InChI is InChI=1S/C31H27ClN8O5/c1-38(30(43)18-2-3-18)23-15-24-25(33-16-23)12-13-39(28(24)29(42)35-22-8-4-19(5-9-22)31(44)45)27(41)11-6-20-14-21(32)7-10-26(20)40-17-34-36-37-40/h4-11,14-18,28H,2-3,12-13H2,1H3,(H,35,42)(H,44,45). The maximum atomic E-state index is 13.9. The Kier molecular flexibility index (Phi) is 8.09. The maximum Gasteiger partial charge on any atom is 0.335 e. The van der Waals surface area contributed by atoms with E-state index < -0.39 is 23.8 Å². The van der Waals surface area contributed by atoms with Gasteiger partial charge in [-0.15, -0.1) is 5.10 Å². The quantitative estimate of drug-likeness (QED) is 0.278. The molecule has 0 radical (unpaired) electrons. The molecule has 14 heteroatoms. The third kappa shape index (κ3) is 6.29. The van der Waals surface area contributed by atoms with Gasteiger partial charge in [0.2, 0.25) is 11.8 Å². The summed E-state index contributed by atoms with van der Waals surface area (Å²) in [5, 5.41) is 23.8. The first-order chi connectivity index (χ1) is 21.7. The molecule has 2 aromatic carbocycles. The fourth-order valence-electron chi connectivity index (χ4n) is 5.21. The number of halogens is 1. The predicted molar refractivity (Wildman–Crippen MR) is 164 cm³/mol. The third-order valence-corrected chi connectivity index (χ3v) is 7.99. The van der Waals surface area contributed by atoms with E-state index in [2.05, 4.69) is 25.8 Å². The van der Waals surface area contributed by atoms with E-state index in [1.54, 1.807) is 43.6 Å². The van der Waals surface area contributed by atoms with Crippen LogP contribution in [0.15, 0.2) is 67.1 Å². The fraction of sp³-hybridized carbons (Fsp3) is 0.226. The molecule has 2 N–H and O–H groups in total. The molecule has 2 aromatic heterocycles. The molecule has 4 aromatic rings. The minimum Gasteiger partial charge on any atom is -0.478 e. The predicted octanol–water partition coefficient (Wildman–Crippen LogP) is 3.56. The summed E-state index contributed by atoms with van der Waals surface area (Å²) in [6.45, 7) is 0.199. The molecule has 1 unspecified atom stereocenters. The summed E-state index contributed by atoms with van der Waals surface area (Å²) < 4.78 is 1.44. The number of tetrazole rings is 1. The van der Waals surface area contributed by atoms with Gasteiger partial charge in [-0.25, -0.2) is 4.79 Å². The number of carboxylic acid groups (broad SMARTS) is 1. The molecule has 0 saturated heterocycles. The number of anilines is 2. The number of hydrogen-bond acceptors (Lipinski definition) is 8. The molecular formula is C31H27ClN8O5. The highest BCUT2D eigenvalue weighted by atomic mass is 35.5. The van der Waals surface area contributed by atoms with Crippen LogP contribution < -0.4 is 10.2 Å². The van der Waals surface area contributed by atoms with Gasteiger partial charge in [0.25, 0.3) is 5.91 Å². The van der Waals surface area contributed by atoms with E-state index in [0.717, 1.165) is 12.8 Å². The number of nitrogens with one attached hydrogen (secondary N) is 1. The van der Waals surface area contributed by atoms with Crippen molar-refractivity contribution in [2.45, 2.75) is 25.3 Å². The number of nitrogens with zero attached hydrogens (tertiary/aromatic N) is 7. The van der Waals surface area contributed by atoms with Crippen LogP contribution in [0.1, 0.15) is 46.1 Å². The lowest BCUT2D eigenvalue weighted by atomic mass is 9.95. The highest BCUT2D eigenvalue weighted by molar-refractivity contribution is 6.30. The number of fused-ring (bicyclic) bond motifs is 1. The minimum atomic E-state index is -1.10. The number of rotatable bonds is 8. The van der Waals surface area contributed by atoms with E-state index in [4.69, 9.17) is 11.6 Å². The molecular weight excluding hydrogens is 600 g/mol. The lowest BCUT2D eigenvalue weighted by Crippen LogP contribution is -2.45. The lowest BCUT2D eigenvalue weighted by molar-refractivity contribution is -0.135. The first-order valence-electron chi connectivity index (χ1n) is 14.1. The van der Waals surface area contributed by atoms with Gasteiger partial charge < -0.3 is 20.2 Å². The monoisotopic (exact) mass is 626 g/mol. The zero-order chi connectivity index (χ0) is 31.7. The lowest BCUT2D eigenvalue weighted by Gasteiger charge is -2.36. The summed E-state index contributed by atoms with van der Waals surface area (Å²) in [7, 11) is 1.67. The molecule has 3 heterocycles. The van der Waals surface area contributed by atoms with Crippen molar-refractivity contribution in [3.8, 4) is 5.69 Å². The summed E-state index contributed by atoms with van der Waals surface area (Å²) >= 11 is 6.24. The highest BCUT2D eigenvalue weighted by Gasteiger charge is 2.38. The van der Waals surface area contributed by atoms with Crippen LogP contribution in [-0.4, -0.2) is 72.5 Å². The van der Waals surface area contributed by atoms with E-state index in [1.807, 2.05) is 0 Å². The Morgan fingerprint density at radius 1 is 1.09 bits per heavy atom. The number of aromatic nitrogens is 5. The molecule has 2 aliphatic rings. The first kappa shape index (κ1) is 29.6. The van der Waals surface area contributed by atoms with Crippen LogP contribution in [0.4, 0.5) is 11.4 Å². The molecule has 13 nitrogen and oxygen atoms in total. The van der Waals surface area contributed by atoms with Gasteiger partial charge in [0.05, 0.1) is 23.1 Å². The second-order valence-electron chi connectivity index (χ2n) is 10.7. The van der Waals surface area contributed by atoms with Gasteiger partial charge in [-0.3, -0.25) is 19.4 Å².